The average Bonchev–Trinajstić information content (AvgIpc) is 3.11. The first-order valence-corrected chi connectivity index (χ1v) is 6.12. The highest BCUT2D eigenvalue weighted by molar-refractivity contribution is 5.73. The molecular weight excluding hydrogens is 214 g/mol. The van der Waals surface area contributed by atoms with Crippen molar-refractivity contribution in [2.45, 2.75) is 45.3 Å². The zero-order valence-corrected chi connectivity index (χ0v) is 10.4. The Kier molecular flexibility index (Phi) is 3.48. The van der Waals surface area contributed by atoms with E-state index in [9.17, 15) is 4.79 Å². The molecular formula is C14H19NO2. The van der Waals surface area contributed by atoms with Crippen LogP contribution in [-0.2, 0) is 11.3 Å². The number of hydrogen-bond donors (Lipinski definition) is 1. The highest BCUT2D eigenvalue weighted by Crippen LogP contribution is 2.30. The maximum Gasteiger partial charge on any atom is 0.320 e. The van der Waals surface area contributed by atoms with Gasteiger partial charge >= 0.3 is 5.97 Å². The van der Waals surface area contributed by atoms with Crippen molar-refractivity contribution in [2.75, 3.05) is 0 Å². The summed E-state index contributed by atoms with van der Waals surface area (Å²) < 4.78 is 0. The minimum absolute atomic E-state index is 0.401. The van der Waals surface area contributed by atoms with Gasteiger partial charge in [0.05, 0.1) is 0 Å². The van der Waals surface area contributed by atoms with Crippen LogP contribution >= 0.6 is 0 Å². The predicted molar refractivity (Wildman–Crippen MR) is 66.8 cm³/mol. The SMILES string of the molecule is Cc1ccccc1CN(C1CC1)C(C)C(=O)O. The molecule has 1 atom stereocenters. The molecule has 0 bridgehead atoms. The van der Waals surface area contributed by atoms with Gasteiger partial charge in [0.2, 0.25) is 0 Å². The second kappa shape index (κ2) is 4.88. The van der Waals surface area contributed by atoms with Crippen molar-refractivity contribution in [1.29, 1.82) is 0 Å². The normalized spacial score (nSPS) is 17.1. The molecule has 1 aromatic carbocycles. The molecule has 3 heteroatoms. The summed E-state index contributed by atoms with van der Waals surface area (Å²) in [6, 6.07) is 8.24. The Labute approximate surface area is 102 Å². The number of benzene rings is 1. The lowest BCUT2D eigenvalue weighted by Crippen LogP contribution is -2.40. The quantitative estimate of drug-likeness (QED) is 0.849. The zero-order valence-electron chi connectivity index (χ0n) is 10.4. The molecule has 0 aromatic heterocycles. The first kappa shape index (κ1) is 12.1. The molecule has 3 nitrogen and oxygen atoms in total. The fourth-order valence-electron chi connectivity index (χ4n) is 2.11. The third-order valence-electron chi connectivity index (χ3n) is 3.48. The molecule has 0 saturated heterocycles. The monoisotopic (exact) mass is 233 g/mol. The number of carboxylic acid groups (broad SMARTS) is 1. The summed E-state index contributed by atoms with van der Waals surface area (Å²) in [6.45, 7) is 4.59. The van der Waals surface area contributed by atoms with Crippen molar-refractivity contribution >= 4 is 5.97 Å². The zero-order chi connectivity index (χ0) is 12.4. The van der Waals surface area contributed by atoms with Gasteiger partial charge in [0.1, 0.15) is 6.04 Å². The Morgan fingerprint density at radius 2 is 2.12 bits per heavy atom. The summed E-state index contributed by atoms with van der Waals surface area (Å²) in [7, 11) is 0. The molecule has 0 aliphatic heterocycles. The van der Waals surface area contributed by atoms with E-state index in [4.69, 9.17) is 5.11 Å². The summed E-state index contributed by atoms with van der Waals surface area (Å²) in [5, 5.41) is 9.13. The molecule has 1 saturated carbocycles. The molecule has 2 rings (SSSR count). The minimum Gasteiger partial charge on any atom is -0.480 e. The van der Waals surface area contributed by atoms with Crippen LogP contribution in [0.5, 0.6) is 0 Å². The summed E-state index contributed by atoms with van der Waals surface area (Å²) in [5.74, 6) is -0.731. The first-order valence-electron chi connectivity index (χ1n) is 6.12. The summed E-state index contributed by atoms with van der Waals surface area (Å²) in [4.78, 5) is 13.2. The van der Waals surface area contributed by atoms with Crippen molar-refractivity contribution in [3.63, 3.8) is 0 Å². The molecule has 1 fully saturated rings. The maximum atomic E-state index is 11.1. The Hall–Kier alpha value is -1.35. The Balaban J connectivity index is 2.13. The van der Waals surface area contributed by atoms with Crippen molar-refractivity contribution in [3.8, 4) is 0 Å². The Morgan fingerprint density at radius 1 is 1.47 bits per heavy atom. The van der Waals surface area contributed by atoms with Gasteiger partial charge in [0.15, 0.2) is 0 Å². The Bertz CT molecular complexity index is 412. The van der Waals surface area contributed by atoms with Crippen LogP contribution in [0.4, 0.5) is 0 Å². The van der Waals surface area contributed by atoms with E-state index in [1.54, 1.807) is 6.92 Å². The van der Waals surface area contributed by atoms with Crippen LogP contribution in [0, 0.1) is 6.92 Å². The third kappa shape index (κ3) is 2.86. The van der Waals surface area contributed by atoms with Gasteiger partial charge in [0, 0.05) is 12.6 Å². The highest BCUT2D eigenvalue weighted by Gasteiger charge is 2.34. The van der Waals surface area contributed by atoms with Gasteiger partial charge in [-0.1, -0.05) is 24.3 Å². The van der Waals surface area contributed by atoms with Crippen LogP contribution < -0.4 is 0 Å². The number of carboxylic acids is 1. The first-order chi connectivity index (χ1) is 8.09. The van der Waals surface area contributed by atoms with E-state index in [1.807, 2.05) is 12.1 Å². The van der Waals surface area contributed by atoms with Crippen LogP contribution in [0.25, 0.3) is 0 Å². The van der Waals surface area contributed by atoms with Crippen molar-refractivity contribution in [3.05, 3.63) is 35.4 Å². The second-order valence-corrected chi connectivity index (χ2v) is 4.84. The number of carbonyl (C=O) groups is 1. The lowest BCUT2D eigenvalue weighted by atomic mass is 10.1. The van der Waals surface area contributed by atoms with Crippen molar-refractivity contribution in [1.82, 2.24) is 4.90 Å². The predicted octanol–water partition coefficient (Wildman–Crippen LogP) is 2.43. The lowest BCUT2D eigenvalue weighted by molar-refractivity contribution is -0.143. The van der Waals surface area contributed by atoms with Gasteiger partial charge in [-0.2, -0.15) is 0 Å². The van der Waals surface area contributed by atoms with E-state index in [1.165, 1.54) is 11.1 Å². The molecule has 1 aliphatic carbocycles. The maximum absolute atomic E-state index is 11.1. The van der Waals surface area contributed by atoms with E-state index in [2.05, 4.69) is 24.0 Å². The molecule has 1 aromatic rings. The molecule has 1 N–H and O–H groups in total. The summed E-state index contributed by atoms with van der Waals surface area (Å²) in [5.41, 5.74) is 2.46. The number of aliphatic carboxylic acids is 1. The van der Waals surface area contributed by atoms with E-state index < -0.39 is 12.0 Å². The molecule has 0 amide bonds. The largest absolute Gasteiger partial charge is 0.480 e. The number of aryl methyl sites for hydroxylation is 1. The van der Waals surface area contributed by atoms with Crippen LogP contribution in [0.1, 0.15) is 30.9 Å². The van der Waals surface area contributed by atoms with Gasteiger partial charge in [-0.05, 0) is 37.8 Å². The molecule has 1 unspecified atom stereocenters. The molecule has 0 radical (unpaired) electrons. The fourth-order valence-corrected chi connectivity index (χ4v) is 2.11. The van der Waals surface area contributed by atoms with Gasteiger partial charge < -0.3 is 5.11 Å². The highest BCUT2D eigenvalue weighted by atomic mass is 16.4. The summed E-state index contributed by atoms with van der Waals surface area (Å²) >= 11 is 0. The van der Waals surface area contributed by atoms with Crippen LogP contribution in [0.2, 0.25) is 0 Å². The van der Waals surface area contributed by atoms with Gasteiger partial charge in [0.25, 0.3) is 0 Å². The number of rotatable bonds is 5. The van der Waals surface area contributed by atoms with Crippen molar-refractivity contribution in [2.24, 2.45) is 0 Å². The summed E-state index contributed by atoms with van der Waals surface area (Å²) in [6.07, 6.45) is 2.26. The molecule has 92 valence electrons. The van der Waals surface area contributed by atoms with Crippen LogP contribution in [-0.4, -0.2) is 28.1 Å². The van der Waals surface area contributed by atoms with Crippen molar-refractivity contribution < 1.29 is 9.90 Å². The molecule has 1 aliphatic rings. The topological polar surface area (TPSA) is 40.5 Å². The van der Waals surface area contributed by atoms with E-state index in [0.717, 1.165) is 19.4 Å². The molecule has 17 heavy (non-hydrogen) atoms. The average molecular weight is 233 g/mol. The third-order valence-corrected chi connectivity index (χ3v) is 3.48. The van der Waals surface area contributed by atoms with Crippen LogP contribution in [0.15, 0.2) is 24.3 Å². The van der Waals surface area contributed by atoms with E-state index in [-0.39, 0.29) is 0 Å². The minimum atomic E-state index is -0.731. The van der Waals surface area contributed by atoms with Crippen LogP contribution in [0.3, 0.4) is 0 Å². The number of hydrogen-bond acceptors (Lipinski definition) is 2. The number of nitrogens with zero attached hydrogens (tertiary/aromatic N) is 1. The lowest BCUT2D eigenvalue weighted by Gasteiger charge is -2.26. The fraction of sp³-hybridized carbons (Fsp3) is 0.500. The van der Waals surface area contributed by atoms with Gasteiger partial charge in [-0.3, -0.25) is 9.69 Å². The molecule has 0 spiro atoms. The Morgan fingerprint density at radius 3 is 2.65 bits per heavy atom. The van der Waals surface area contributed by atoms with E-state index >= 15 is 0 Å². The van der Waals surface area contributed by atoms with E-state index in [0.29, 0.717) is 6.04 Å². The molecule has 0 heterocycles. The van der Waals surface area contributed by atoms with Gasteiger partial charge in [-0.25, -0.2) is 0 Å². The standard InChI is InChI=1S/C14H19NO2/c1-10-5-3-4-6-12(10)9-15(13-7-8-13)11(2)14(16)17/h3-6,11,13H,7-9H2,1-2H3,(H,16,17). The van der Waals surface area contributed by atoms with Gasteiger partial charge in [-0.15, -0.1) is 0 Å². The smallest absolute Gasteiger partial charge is 0.320 e. The second-order valence-electron chi connectivity index (χ2n) is 4.84.